The Labute approximate surface area is 133 Å². The minimum absolute atomic E-state index is 0.0992. The van der Waals surface area contributed by atoms with Crippen LogP contribution < -0.4 is 5.32 Å². The second-order valence-corrected chi connectivity index (χ2v) is 5.78. The van der Waals surface area contributed by atoms with Gasteiger partial charge in [0.25, 0.3) is 0 Å². The van der Waals surface area contributed by atoms with E-state index in [1.165, 1.54) is 6.07 Å². The molecule has 2 aromatic rings. The third-order valence-electron chi connectivity index (χ3n) is 2.43. The van der Waals surface area contributed by atoms with Crippen molar-refractivity contribution in [1.29, 1.82) is 0 Å². The minimum Gasteiger partial charge on any atom is -0.478 e. The highest BCUT2D eigenvalue weighted by molar-refractivity contribution is 14.1. The summed E-state index contributed by atoms with van der Waals surface area (Å²) in [6, 6.07) is 10.1. The van der Waals surface area contributed by atoms with Gasteiger partial charge in [0.1, 0.15) is 0 Å². The number of hydrogen-bond acceptors (Lipinski definition) is 2. The van der Waals surface area contributed by atoms with Crippen LogP contribution in [0.15, 0.2) is 36.4 Å². The van der Waals surface area contributed by atoms with Crippen molar-refractivity contribution in [3.8, 4) is 0 Å². The van der Waals surface area contributed by atoms with Gasteiger partial charge in [-0.25, -0.2) is 4.79 Å². The van der Waals surface area contributed by atoms with Crippen LogP contribution in [0, 0.1) is 3.57 Å². The van der Waals surface area contributed by atoms with Gasteiger partial charge in [0.2, 0.25) is 0 Å². The van der Waals surface area contributed by atoms with Gasteiger partial charge in [0, 0.05) is 3.57 Å². The Balaban J connectivity index is 2.46. The molecule has 0 fully saturated rings. The molecule has 0 atom stereocenters. The molecule has 0 bridgehead atoms. The summed E-state index contributed by atoms with van der Waals surface area (Å²) in [5, 5.41) is 12.9. The van der Waals surface area contributed by atoms with Crippen molar-refractivity contribution in [3.63, 3.8) is 0 Å². The Kier molecular flexibility index (Phi) is 4.54. The van der Waals surface area contributed by atoms with E-state index >= 15 is 0 Å². The number of aromatic carboxylic acids is 1. The molecule has 2 N–H and O–H groups in total. The topological polar surface area (TPSA) is 49.3 Å². The van der Waals surface area contributed by atoms with Gasteiger partial charge in [-0.2, -0.15) is 0 Å². The number of halogens is 3. The molecule has 98 valence electrons. The molecule has 0 aliphatic rings. The quantitative estimate of drug-likeness (QED) is 0.700. The van der Waals surface area contributed by atoms with E-state index in [1.807, 2.05) is 6.07 Å². The fourth-order valence-corrected chi connectivity index (χ4v) is 2.68. The summed E-state index contributed by atoms with van der Waals surface area (Å²) in [5.74, 6) is -1.05. The molecule has 0 aliphatic carbocycles. The summed E-state index contributed by atoms with van der Waals surface area (Å²) < 4.78 is 0.991. The van der Waals surface area contributed by atoms with Gasteiger partial charge in [-0.05, 0) is 52.9 Å². The Morgan fingerprint density at radius 3 is 2.53 bits per heavy atom. The Hall–Kier alpha value is -0.980. The first-order valence-corrected chi connectivity index (χ1v) is 7.06. The molecule has 0 saturated heterocycles. The predicted octanol–water partition coefficient (Wildman–Crippen LogP) is 5.04. The van der Waals surface area contributed by atoms with E-state index in [2.05, 4.69) is 27.9 Å². The fraction of sp³-hybridized carbons (Fsp3) is 0. The number of carboxylic acids is 1. The van der Waals surface area contributed by atoms with E-state index in [0.717, 1.165) is 3.57 Å². The standard InChI is InChI=1S/C13H8Cl2INO2/c14-9-3-1-2-8(13(18)19)12(9)17-11-5-4-7(16)6-10(11)15/h1-6,17H,(H,18,19). The third kappa shape index (κ3) is 3.32. The van der Waals surface area contributed by atoms with Crippen molar-refractivity contribution in [2.75, 3.05) is 5.32 Å². The van der Waals surface area contributed by atoms with Crippen LogP contribution in [-0.2, 0) is 0 Å². The van der Waals surface area contributed by atoms with Gasteiger partial charge in [-0.1, -0.05) is 29.3 Å². The smallest absolute Gasteiger partial charge is 0.337 e. The lowest BCUT2D eigenvalue weighted by atomic mass is 10.1. The molecule has 19 heavy (non-hydrogen) atoms. The van der Waals surface area contributed by atoms with Gasteiger partial charge in [0.05, 0.1) is 27.0 Å². The van der Waals surface area contributed by atoms with Crippen LogP contribution in [0.25, 0.3) is 0 Å². The summed E-state index contributed by atoms with van der Waals surface area (Å²) >= 11 is 14.3. The second-order valence-electron chi connectivity index (χ2n) is 3.72. The van der Waals surface area contributed by atoms with E-state index < -0.39 is 5.97 Å². The highest BCUT2D eigenvalue weighted by Gasteiger charge is 2.14. The van der Waals surface area contributed by atoms with E-state index in [-0.39, 0.29) is 5.56 Å². The van der Waals surface area contributed by atoms with E-state index in [9.17, 15) is 4.79 Å². The third-order valence-corrected chi connectivity index (χ3v) is 3.73. The number of anilines is 2. The van der Waals surface area contributed by atoms with Crippen LogP contribution in [0.3, 0.4) is 0 Å². The molecule has 0 spiro atoms. The molecule has 3 nitrogen and oxygen atoms in total. The van der Waals surface area contributed by atoms with Gasteiger partial charge in [-0.3, -0.25) is 0 Å². The average Bonchev–Trinajstić information content (AvgIpc) is 2.34. The van der Waals surface area contributed by atoms with Crippen LogP contribution in [-0.4, -0.2) is 11.1 Å². The summed E-state index contributed by atoms with van der Waals surface area (Å²) in [6.07, 6.45) is 0. The van der Waals surface area contributed by atoms with Crippen LogP contribution in [0.2, 0.25) is 10.0 Å². The average molecular weight is 408 g/mol. The highest BCUT2D eigenvalue weighted by Crippen LogP contribution is 2.33. The number of rotatable bonds is 3. The maximum atomic E-state index is 11.2. The number of para-hydroxylation sites is 1. The molecule has 0 radical (unpaired) electrons. The molecule has 0 amide bonds. The van der Waals surface area contributed by atoms with E-state index in [0.29, 0.717) is 21.4 Å². The largest absolute Gasteiger partial charge is 0.478 e. The zero-order valence-electron chi connectivity index (χ0n) is 9.45. The van der Waals surface area contributed by atoms with Crippen LogP contribution >= 0.6 is 45.8 Å². The first-order chi connectivity index (χ1) is 8.99. The van der Waals surface area contributed by atoms with Crippen molar-refractivity contribution in [2.24, 2.45) is 0 Å². The van der Waals surface area contributed by atoms with Crippen molar-refractivity contribution in [2.45, 2.75) is 0 Å². The lowest BCUT2D eigenvalue weighted by molar-refractivity contribution is 0.0698. The SMILES string of the molecule is O=C(O)c1cccc(Cl)c1Nc1ccc(I)cc1Cl. The maximum Gasteiger partial charge on any atom is 0.337 e. The molecule has 2 rings (SSSR count). The second kappa shape index (κ2) is 5.98. The number of carbonyl (C=O) groups is 1. The van der Waals surface area contributed by atoms with Crippen molar-refractivity contribution < 1.29 is 9.90 Å². The number of benzene rings is 2. The summed E-state index contributed by atoms with van der Waals surface area (Å²) in [5.41, 5.74) is 1.04. The highest BCUT2D eigenvalue weighted by atomic mass is 127. The van der Waals surface area contributed by atoms with Crippen molar-refractivity contribution >= 4 is 63.1 Å². The summed E-state index contributed by atoms with van der Waals surface area (Å²) in [7, 11) is 0. The molecule has 2 aromatic carbocycles. The molecule has 0 saturated carbocycles. The van der Waals surface area contributed by atoms with Gasteiger partial charge in [-0.15, -0.1) is 0 Å². The first kappa shape index (κ1) is 14.4. The zero-order chi connectivity index (χ0) is 14.0. The number of nitrogens with one attached hydrogen (secondary N) is 1. The summed E-state index contributed by atoms with van der Waals surface area (Å²) in [4.78, 5) is 11.2. The van der Waals surface area contributed by atoms with E-state index in [4.69, 9.17) is 28.3 Å². The number of hydrogen-bond donors (Lipinski definition) is 2. The fourth-order valence-electron chi connectivity index (χ4n) is 1.55. The molecule has 0 unspecified atom stereocenters. The summed E-state index contributed by atoms with van der Waals surface area (Å²) in [6.45, 7) is 0. The van der Waals surface area contributed by atoms with Crippen LogP contribution in [0.1, 0.15) is 10.4 Å². The molecule has 0 aliphatic heterocycles. The molecule has 0 aromatic heterocycles. The Bertz CT molecular complexity index is 647. The van der Waals surface area contributed by atoms with Crippen molar-refractivity contribution in [1.82, 2.24) is 0 Å². The Morgan fingerprint density at radius 2 is 1.89 bits per heavy atom. The molecule has 6 heteroatoms. The zero-order valence-corrected chi connectivity index (χ0v) is 13.1. The van der Waals surface area contributed by atoms with Gasteiger partial charge >= 0.3 is 5.97 Å². The molecular weight excluding hydrogens is 400 g/mol. The minimum atomic E-state index is -1.05. The van der Waals surface area contributed by atoms with Gasteiger partial charge < -0.3 is 10.4 Å². The van der Waals surface area contributed by atoms with Crippen molar-refractivity contribution in [3.05, 3.63) is 55.6 Å². The molecular formula is C13H8Cl2INO2. The lowest BCUT2D eigenvalue weighted by Crippen LogP contribution is -2.03. The van der Waals surface area contributed by atoms with Gasteiger partial charge in [0.15, 0.2) is 0 Å². The van der Waals surface area contributed by atoms with Crippen LogP contribution in [0.4, 0.5) is 11.4 Å². The number of carboxylic acid groups (broad SMARTS) is 1. The lowest BCUT2D eigenvalue weighted by Gasteiger charge is -2.12. The monoisotopic (exact) mass is 407 g/mol. The van der Waals surface area contributed by atoms with E-state index in [1.54, 1.807) is 24.3 Å². The predicted molar refractivity (Wildman–Crippen MR) is 85.9 cm³/mol. The molecule has 0 heterocycles. The first-order valence-electron chi connectivity index (χ1n) is 5.23. The van der Waals surface area contributed by atoms with Crippen LogP contribution in [0.5, 0.6) is 0 Å². The maximum absolute atomic E-state index is 11.2. The normalized spacial score (nSPS) is 10.3. The Morgan fingerprint density at radius 1 is 1.16 bits per heavy atom.